The average molecular weight is 400 g/mol. The molecule has 1 aliphatic rings. The molecule has 146 valence electrons. The third-order valence-electron chi connectivity index (χ3n) is 5.21. The van der Waals surface area contributed by atoms with Crippen LogP contribution in [0.5, 0.6) is 0 Å². The number of esters is 1. The van der Waals surface area contributed by atoms with E-state index in [2.05, 4.69) is 5.32 Å². The number of nitrogens with one attached hydrogen (secondary N) is 1. The van der Waals surface area contributed by atoms with Crippen LogP contribution in [0.15, 0.2) is 41.8 Å². The van der Waals surface area contributed by atoms with Crippen LogP contribution in [0.2, 0.25) is 0 Å². The van der Waals surface area contributed by atoms with Crippen LogP contribution >= 0.6 is 11.3 Å². The zero-order valence-electron chi connectivity index (χ0n) is 15.5. The molecule has 1 atom stereocenters. The van der Waals surface area contributed by atoms with Gasteiger partial charge < -0.3 is 14.6 Å². The van der Waals surface area contributed by atoms with Gasteiger partial charge in [0.2, 0.25) is 6.10 Å². The molecule has 7 heteroatoms. The number of carbonyl (C=O) groups excluding carboxylic acids is 2. The van der Waals surface area contributed by atoms with Crippen LogP contribution in [0, 0.1) is 5.82 Å². The standard InChI is InChI=1S/C21H21FN2O3S/c1-24-16-10-11-28-18(16)12-17(24)21(26)27-19(13-6-8-14(22)9-7-13)20(25)23-15-4-2-3-5-15/h6-12,15,19H,2-5H2,1H3,(H,23,25)/t19-/m0/s1. The molecule has 1 aromatic carbocycles. The van der Waals surface area contributed by atoms with Gasteiger partial charge in [-0.25, -0.2) is 9.18 Å². The molecule has 28 heavy (non-hydrogen) atoms. The van der Waals surface area contributed by atoms with E-state index in [1.54, 1.807) is 17.7 Å². The zero-order valence-corrected chi connectivity index (χ0v) is 16.3. The lowest BCUT2D eigenvalue weighted by Gasteiger charge is -2.21. The zero-order chi connectivity index (χ0) is 19.7. The van der Waals surface area contributed by atoms with Crippen LogP contribution in [0.4, 0.5) is 4.39 Å². The number of nitrogens with zero attached hydrogens (tertiary/aromatic N) is 1. The number of thiophene rings is 1. The van der Waals surface area contributed by atoms with E-state index in [4.69, 9.17) is 4.74 Å². The van der Waals surface area contributed by atoms with Crippen molar-refractivity contribution in [1.82, 2.24) is 9.88 Å². The molecule has 1 aliphatic carbocycles. The maximum Gasteiger partial charge on any atom is 0.356 e. The molecule has 0 saturated heterocycles. The van der Waals surface area contributed by atoms with Crippen LogP contribution in [0.25, 0.3) is 10.2 Å². The van der Waals surface area contributed by atoms with Gasteiger partial charge in [-0.05, 0) is 42.5 Å². The van der Waals surface area contributed by atoms with Crippen molar-refractivity contribution in [2.75, 3.05) is 0 Å². The third kappa shape index (κ3) is 3.67. The Balaban J connectivity index is 1.59. The fourth-order valence-corrected chi connectivity index (χ4v) is 4.52. The van der Waals surface area contributed by atoms with Gasteiger partial charge in [0.1, 0.15) is 11.5 Å². The summed E-state index contributed by atoms with van der Waals surface area (Å²) in [6.45, 7) is 0. The van der Waals surface area contributed by atoms with Crippen LogP contribution < -0.4 is 5.32 Å². The minimum absolute atomic E-state index is 0.0922. The summed E-state index contributed by atoms with van der Waals surface area (Å²) in [5.74, 6) is -1.36. The Kier molecular flexibility index (Phi) is 5.17. The summed E-state index contributed by atoms with van der Waals surface area (Å²) in [4.78, 5) is 25.7. The lowest BCUT2D eigenvalue weighted by atomic mass is 10.1. The summed E-state index contributed by atoms with van der Waals surface area (Å²) in [5.41, 5.74) is 1.76. The first-order chi connectivity index (χ1) is 13.5. The number of carbonyl (C=O) groups is 2. The van der Waals surface area contributed by atoms with Crippen molar-refractivity contribution < 1.29 is 18.7 Å². The Labute approximate surface area is 166 Å². The number of halogens is 1. The normalized spacial score (nSPS) is 15.6. The predicted molar refractivity (Wildman–Crippen MR) is 106 cm³/mol. The monoisotopic (exact) mass is 400 g/mol. The van der Waals surface area contributed by atoms with Gasteiger partial charge in [0.15, 0.2) is 0 Å². The lowest BCUT2D eigenvalue weighted by Crippen LogP contribution is -2.38. The van der Waals surface area contributed by atoms with Crippen molar-refractivity contribution in [2.24, 2.45) is 7.05 Å². The Hall–Kier alpha value is -2.67. The van der Waals surface area contributed by atoms with Crippen molar-refractivity contribution in [3.05, 3.63) is 58.9 Å². The van der Waals surface area contributed by atoms with Crippen molar-refractivity contribution >= 4 is 33.4 Å². The molecule has 2 heterocycles. The first-order valence-corrected chi connectivity index (χ1v) is 10.2. The molecule has 2 aromatic heterocycles. The molecular formula is C21H21FN2O3S. The van der Waals surface area contributed by atoms with E-state index in [-0.39, 0.29) is 11.9 Å². The van der Waals surface area contributed by atoms with Gasteiger partial charge in [0.25, 0.3) is 5.91 Å². The first kappa shape index (κ1) is 18.7. The minimum Gasteiger partial charge on any atom is -0.443 e. The first-order valence-electron chi connectivity index (χ1n) is 9.32. The van der Waals surface area contributed by atoms with Gasteiger partial charge in [-0.1, -0.05) is 25.0 Å². The number of fused-ring (bicyclic) bond motifs is 1. The number of hydrogen-bond acceptors (Lipinski definition) is 4. The molecule has 0 bridgehead atoms. The fraction of sp³-hybridized carbons (Fsp3) is 0.333. The maximum atomic E-state index is 13.3. The largest absolute Gasteiger partial charge is 0.443 e. The number of aryl methyl sites for hydroxylation is 1. The van der Waals surface area contributed by atoms with E-state index >= 15 is 0 Å². The molecule has 4 rings (SSSR count). The Morgan fingerprint density at radius 2 is 1.93 bits per heavy atom. The van der Waals surface area contributed by atoms with Crippen molar-refractivity contribution in [3.8, 4) is 0 Å². The summed E-state index contributed by atoms with van der Waals surface area (Å²) in [6, 6.07) is 9.26. The van der Waals surface area contributed by atoms with E-state index in [9.17, 15) is 14.0 Å². The molecule has 0 spiro atoms. The summed E-state index contributed by atoms with van der Waals surface area (Å²) in [6.07, 6.45) is 2.87. The molecule has 1 N–H and O–H groups in total. The molecule has 3 aromatic rings. The highest BCUT2D eigenvalue weighted by Gasteiger charge is 2.29. The van der Waals surface area contributed by atoms with Gasteiger partial charge in [-0.3, -0.25) is 4.79 Å². The lowest BCUT2D eigenvalue weighted by molar-refractivity contribution is -0.131. The second-order valence-electron chi connectivity index (χ2n) is 7.09. The van der Waals surface area contributed by atoms with Gasteiger partial charge in [0, 0.05) is 18.7 Å². The third-order valence-corrected chi connectivity index (χ3v) is 6.06. The SMILES string of the molecule is Cn1c(C(=O)O[C@H](C(=O)NC2CCCC2)c2ccc(F)cc2)cc2sccc21. The van der Waals surface area contributed by atoms with E-state index in [0.717, 1.165) is 35.9 Å². The highest BCUT2D eigenvalue weighted by atomic mass is 32.1. The molecule has 5 nitrogen and oxygen atoms in total. The summed E-state index contributed by atoms with van der Waals surface area (Å²) < 4.78 is 21.7. The van der Waals surface area contributed by atoms with E-state index < -0.39 is 17.9 Å². The highest BCUT2D eigenvalue weighted by Crippen LogP contribution is 2.27. The average Bonchev–Trinajstić information content (AvgIpc) is 3.40. The highest BCUT2D eigenvalue weighted by molar-refractivity contribution is 7.17. The molecule has 1 amide bonds. The summed E-state index contributed by atoms with van der Waals surface area (Å²) in [7, 11) is 1.79. The Bertz CT molecular complexity index is 1000. The number of aromatic nitrogens is 1. The van der Waals surface area contributed by atoms with E-state index in [1.165, 1.54) is 35.6 Å². The Morgan fingerprint density at radius 1 is 1.21 bits per heavy atom. The number of rotatable bonds is 5. The molecule has 1 saturated carbocycles. The quantitative estimate of drug-likeness (QED) is 0.649. The molecule has 0 aliphatic heterocycles. The van der Waals surface area contributed by atoms with Crippen molar-refractivity contribution in [2.45, 2.75) is 37.8 Å². The molecule has 1 fully saturated rings. The van der Waals surface area contributed by atoms with Crippen molar-refractivity contribution in [1.29, 1.82) is 0 Å². The minimum atomic E-state index is -1.12. The van der Waals surface area contributed by atoms with Crippen LogP contribution in [0.3, 0.4) is 0 Å². The van der Waals surface area contributed by atoms with Gasteiger partial charge >= 0.3 is 5.97 Å². The maximum absolute atomic E-state index is 13.3. The second-order valence-corrected chi connectivity index (χ2v) is 8.03. The predicted octanol–water partition coefficient (Wildman–Crippen LogP) is 4.34. The fourth-order valence-electron chi connectivity index (χ4n) is 3.67. The van der Waals surface area contributed by atoms with Gasteiger partial charge in [-0.15, -0.1) is 11.3 Å². The van der Waals surface area contributed by atoms with Crippen LogP contribution in [0.1, 0.15) is 47.8 Å². The summed E-state index contributed by atoms with van der Waals surface area (Å²) in [5, 5.41) is 4.92. The number of hydrogen-bond donors (Lipinski definition) is 1. The number of benzene rings is 1. The number of amides is 1. The molecular weight excluding hydrogens is 379 g/mol. The van der Waals surface area contributed by atoms with Crippen molar-refractivity contribution in [3.63, 3.8) is 0 Å². The Morgan fingerprint density at radius 3 is 2.61 bits per heavy atom. The number of ether oxygens (including phenoxy) is 1. The smallest absolute Gasteiger partial charge is 0.356 e. The topological polar surface area (TPSA) is 60.3 Å². The molecule has 0 radical (unpaired) electrons. The van der Waals surface area contributed by atoms with Gasteiger partial charge in [-0.2, -0.15) is 0 Å². The van der Waals surface area contributed by atoms with E-state index in [1.807, 2.05) is 11.4 Å². The van der Waals surface area contributed by atoms with Crippen LogP contribution in [-0.2, 0) is 16.6 Å². The summed E-state index contributed by atoms with van der Waals surface area (Å²) >= 11 is 1.53. The molecule has 0 unspecified atom stereocenters. The van der Waals surface area contributed by atoms with Crippen LogP contribution in [-0.4, -0.2) is 22.5 Å². The second kappa shape index (κ2) is 7.75. The van der Waals surface area contributed by atoms with Gasteiger partial charge in [0.05, 0.1) is 10.2 Å². The van der Waals surface area contributed by atoms with E-state index in [0.29, 0.717) is 11.3 Å².